The molecular weight excluding hydrogens is 148 g/mol. The molecule has 0 aromatic rings. The predicted octanol–water partition coefficient (Wildman–Crippen LogP) is 3.41. The number of rotatable bonds is 4. The van der Waals surface area contributed by atoms with Gasteiger partial charge in [0.1, 0.15) is 0 Å². The van der Waals surface area contributed by atoms with Gasteiger partial charge in [0.15, 0.2) is 0 Å². The molecule has 0 bridgehead atoms. The monoisotopic (exact) mass is 169 g/mol. The zero-order valence-corrected chi connectivity index (χ0v) is 8.22. The molecule has 1 saturated carbocycles. The molecule has 0 amide bonds. The van der Waals surface area contributed by atoms with Crippen molar-refractivity contribution in [3.63, 3.8) is 0 Å². The van der Waals surface area contributed by atoms with Crippen molar-refractivity contribution in [2.75, 3.05) is 6.61 Å². The van der Waals surface area contributed by atoms with Crippen LogP contribution in [-0.2, 0) is 5.11 Å². The van der Waals surface area contributed by atoms with Gasteiger partial charge in [-0.3, -0.25) is 0 Å². The van der Waals surface area contributed by atoms with E-state index in [1.807, 2.05) is 0 Å². The Balaban J connectivity index is 2.09. The second-order valence-corrected chi connectivity index (χ2v) is 4.20. The first-order valence-electron chi connectivity index (χ1n) is 5.45. The normalized spacial score (nSPS) is 30.5. The first kappa shape index (κ1) is 10.0. The Labute approximate surface area is 76.2 Å². The lowest BCUT2D eigenvalue weighted by Crippen LogP contribution is -2.16. The average Bonchev–Trinajstić information content (AvgIpc) is 2.15. The van der Waals surface area contributed by atoms with Gasteiger partial charge in [0, 0.05) is 0 Å². The van der Waals surface area contributed by atoms with E-state index in [4.69, 9.17) is 0 Å². The molecule has 1 aliphatic carbocycles. The van der Waals surface area contributed by atoms with Gasteiger partial charge in [-0.2, -0.15) is 0 Å². The average molecular weight is 169 g/mol. The van der Waals surface area contributed by atoms with E-state index in [0.29, 0.717) is 5.92 Å². The van der Waals surface area contributed by atoms with E-state index < -0.39 is 0 Å². The lowest BCUT2D eigenvalue weighted by Gasteiger charge is -2.26. The van der Waals surface area contributed by atoms with Crippen LogP contribution in [0.25, 0.3) is 0 Å². The second-order valence-electron chi connectivity index (χ2n) is 4.20. The first-order chi connectivity index (χ1) is 5.86. The summed E-state index contributed by atoms with van der Waals surface area (Å²) in [4.78, 5) is 0. The Morgan fingerprint density at radius 3 is 2.17 bits per heavy atom. The van der Waals surface area contributed by atoms with E-state index in [-0.39, 0.29) is 6.61 Å². The number of hydrogen-bond acceptors (Lipinski definition) is 0. The molecule has 1 heteroatoms. The van der Waals surface area contributed by atoms with Gasteiger partial charge < -0.3 is 0 Å². The molecular formula is C11H21O. The van der Waals surface area contributed by atoms with Crippen LogP contribution < -0.4 is 0 Å². The van der Waals surface area contributed by atoms with E-state index in [2.05, 4.69) is 6.92 Å². The van der Waals surface area contributed by atoms with Gasteiger partial charge in [-0.15, -0.1) is 0 Å². The van der Waals surface area contributed by atoms with Crippen molar-refractivity contribution in [2.45, 2.75) is 51.9 Å². The van der Waals surface area contributed by atoms with Crippen molar-refractivity contribution >= 4 is 0 Å². The van der Waals surface area contributed by atoms with E-state index in [1.165, 1.54) is 44.9 Å². The zero-order valence-electron chi connectivity index (χ0n) is 8.22. The predicted molar refractivity (Wildman–Crippen MR) is 50.5 cm³/mol. The van der Waals surface area contributed by atoms with Crippen LogP contribution in [0, 0.1) is 11.8 Å². The molecule has 0 spiro atoms. The Morgan fingerprint density at radius 1 is 1.08 bits per heavy atom. The molecule has 0 unspecified atom stereocenters. The summed E-state index contributed by atoms with van der Waals surface area (Å²) in [5, 5.41) is 10.6. The third kappa shape index (κ3) is 3.14. The summed E-state index contributed by atoms with van der Waals surface area (Å²) >= 11 is 0. The van der Waals surface area contributed by atoms with Crippen molar-refractivity contribution in [3.05, 3.63) is 0 Å². The smallest absolute Gasteiger partial charge is 0.0850 e. The standard InChI is InChI=1S/C11H21O/c1-2-3-4-10-5-7-11(9-12)8-6-10/h10-11H,2-9H2,1H3. The Morgan fingerprint density at radius 2 is 1.67 bits per heavy atom. The van der Waals surface area contributed by atoms with Crippen LogP contribution in [-0.4, -0.2) is 6.61 Å². The van der Waals surface area contributed by atoms with E-state index in [1.54, 1.807) is 0 Å². The molecule has 12 heavy (non-hydrogen) atoms. The highest BCUT2D eigenvalue weighted by Gasteiger charge is 2.19. The molecule has 0 atom stereocenters. The molecule has 1 fully saturated rings. The van der Waals surface area contributed by atoms with Crippen molar-refractivity contribution in [1.82, 2.24) is 0 Å². The number of hydrogen-bond donors (Lipinski definition) is 0. The minimum absolute atomic E-state index is 0.167. The molecule has 1 aliphatic rings. The molecule has 0 saturated heterocycles. The summed E-state index contributed by atoms with van der Waals surface area (Å²) in [6, 6.07) is 0. The van der Waals surface area contributed by atoms with Gasteiger partial charge in [0.2, 0.25) is 0 Å². The van der Waals surface area contributed by atoms with Crippen LogP contribution in [0.3, 0.4) is 0 Å². The van der Waals surface area contributed by atoms with Crippen molar-refractivity contribution < 1.29 is 5.11 Å². The lowest BCUT2D eigenvalue weighted by atomic mass is 9.80. The van der Waals surface area contributed by atoms with Crippen LogP contribution in [0.5, 0.6) is 0 Å². The molecule has 1 radical (unpaired) electrons. The van der Waals surface area contributed by atoms with Gasteiger partial charge in [0.25, 0.3) is 0 Å². The highest BCUT2D eigenvalue weighted by molar-refractivity contribution is 4.71. The third-order valence-electron chi connectivity index (χ3n) is 3.17. The Bertz CT molecular complexity index is 104. The van der Waals surface area contributed by atoms with E-state index in [9.17, 15) is 5.11 Å². The summed E-state index contributed by atoms with van der Waals surface area (Å²) in [5.41, 5.74) is 0. The SMILES string of the molecule is CCCCC1CCC(C[O])CC1. The molecule has 71 valence electrons. The topological polar surface area (TPSA) is 19.9 Å². The summed E-state index contributed by atoms with van der Waals surface area (Å²) in [6.07, 6.45) is 9.17. The molecule has 0 aliphatic heterocycles. The highest BCUT2D eigenvalue weighted by Crippen LogP contribution is 2.31. The van der Waals surface area contributed by atoms with Crippen LogP contribution in [0.15, 0.2) is 0 Å². The fraction of sp³-hybridized carbons (Fsp3) is 1.00. The van der Waals surface area contributed by atoms with E-state index in [0.717, 1.165) is 5.92 Å². The fourth-order valence-corrected chi connectivity index (χ4v) is 2.18. The summed E-state index contributed by atoms with van der Waals surface area (Å²) < 4.78 is 0. The van der Waals surface area contributed by atoms with Crippen LogP contribution in [0.4, 0.5) is 0 Å². The van der Waals surface area contributed by atoms with Gasteiger partial charge in [-0.05, 0) is 24.7 Å². The molecule has 0 heterocycles. The second kappa shape index (κ2) is 5.58. The largest absolute Gasteiger partial charge is 0.236 e. The maximum atomic E-state index is 10.6. The van der Waals surface area contributed by atoms with Gasteiger partial charge in [0.05, 0.1) is 6.61 Å². The highest BCUT2D eigenvalue weighted by atomic mass is 16.3. The van der Waals surface area contributed by atoms with Gasteiger partial charge in [-0.25, -0.2) is 5.11 Å². The molecule has 1 rings (SSSR count). The first-order valence-corrected chi connectivity index (χ1v) is 5.45. The number of unbranched alkanes of at least 4 members (excludes halogenated alkanes) is 1. The summed E-state index contributed by atoms with van der Waals surface area (Å²) in [6.45, 7) is 2.42. The minimum Gasteiger partial charge on any atom is -0.236 e. The van der Waals surface area contributed by atoms with Crippen molar-refractivity contribution in [2.24, 2.45) is 11.8 Å². The molecule has 1 nitrogen and oxygen atoms in total. The van der Waals surface area contributed by atoms with Gasteiger partial charge in [-0.1, -0.05) is 39.0 Å². The fourth-order valence-electron chi connectivity index (χ4n) is 2.18. The summed E-state index contributed by atoms with van der Waals surface area (Å²) in [7, 11) is 0. The lowest BCUT2D eigenvalue weighted by molar-refractivity contribution is 0.108. The van der Waals surface area contributed by atoms with Crippen LogP contribution >= 0.6 is 0 Å². The van der Waals surface area contributed by atoms with Crippen molar-refractivity contribution in [3.8, 4) is 0 Å². The van der Waals surface area contributed by atoms with Crippen molar-refractivity contribution in [1.29, 1.82) is 0 Å². The minimum atomic E-state index is 0.167. The molecule has 0 N–H and O–H groups in total. The molecule has 0 aromatic carbocycles. The van der Waals surface area contributed by atoms with Crippen LogP contribution in [0.2, 0.25) is 0 Å². The van der Waals surface area contributed by atoms with E-state index >= 15 is 0 Å². The quantitative estimate of drug-likeness (QED) is 0.614. The van der Waals surface area contributed by atoms with Crippen LogP contribution in [0.1, 0.15) is 51.9 Å². The zero-order chi connectivity index (χ0) is 8.81. The maximum Gasteiger partial charge on any atom is 0.0850 e. The Hall–Kier alpha value is -0.0400. The maximum absolute atomic E-state index is 10.6. The van der Waals surface area contributed by atoms with Gasteiger partial charge >= 0.3 is 0 Å². The summed E-state index contributed by atoms with van der Waals surface area (Å²) in [5.74, 6) is 1.47. The molecule has 0 aromatic heterocycles. The Kier molecular flexibility index (Phi) is 4.67. The third-order valence-corrected chi connectivity index (χ3v) is 3.17.